The molecule has 0 saturated carbocycles. The zero-order chi connectivity index (χ0) is 11.4. The van der Waals surface area contributed by atoms with Gasteiger partial charge in [-0.1, -0.05) is 36.8 Å². The molecule has 0 aliphatic carbocycles. The Labute approximate surface area is 98.2 Å². The largest absolute Gasteiger partial charge is 0.215 e. The first-order valence-electron chi connectivity index (χ1n) is 5.72. The first kappa shape index (κ1) is 11.6. The Hall–Kier alpha value is -0.870. The Bertz CT molecular complexity index is 395. The molecule has 1 fully saturated rings. The number of hydrogen-bond donors (Lipinski definition) is 1. The van der Waals surface area contributed by atoms with Gasteiger partial charge >= 0.3 is 0 Å². The minimum absolute atomic E-state index is 0.164. The van der Waals surface area contributed by atoms with Crippen LogP contribution >= 0.6 is 0 Å². The second-order valence-electron chi connectivity index (χ2n) is 4.24. The summed E-state index contributed by atoms with van der Waals surface area (Å²) in [6, 6.07) is 10.3. The van der Waals surface area contributed by atoms with Crippen LogP contribution in [0, 0.1) is 0 Å². The fourth-order valence-corrected chi connectivity index (χ4v) is 3.06. The van der Waals surface area contributed by atoms with Gasteiger partial charge in [0.1, 0.15) is 0 Å². The highest BCUT2D eigenvalue weighted by Gasteiger charge is 2.24. The topological polar surface area (TPSA) is 37.4 Å². The van der Waals surface area contributed by atoms with E-state index in [1.807, 2.05) is 18.2 Å². The third kappa shape index (κ3) is 2.83. The van der Waals surface area contributed by atoms with Crippen LogP contribution in [-0.2, 0) is 17.3 Å². The molecule has 0 N–H and O–H groups in total. The summed E-state index contributed by atoms with van der Waals surface area (Å²) in [7, 11) is -2.42. The highest BCUT2D eigenvalue weighted by molar-refractivity contribution is 7.69. The molecule has 0 amide bonds. The first-order chi connectivity index (χ1) is 7.77. The van der Waals surface area contributed by atoms with Gasteiger partial charge in [0.05, 0.1) is 0 Å². The summed E-state index contributed by atoms with van der Waals surface area (Å²) in [6.45, 7) is 0.691. The Morgan fingerprint density at radius 2 is 1.94 bits per heavy atom. The van der Waals surface area contributed by atoms with Gasteiger partial charge in [-0.15, -0.1) is 0 Å². The van der Waals surface area contributed by atoms with E-state index in [4.69, 9.17) is 0 Å². The van der Waals surface area contributed by atoms with Crippen molar-refractivity contribution in [3.63, 3.8) is 0 Å². The maximum absolute atomic E-state index is 11.1. The molecule has 4 heteroatoms. The zero-order valence-corrected chi connectivity index (χ0v) is 10.1. The molecule has 1 aromatic rings. The van der Waals surface area contributed by atoms with Crippen molar-refractivity contribution in [2.45, 2.75) is 31.7 Å². The Morgan fingerprint density at radius 3 is 2.62 bits per heavy atom. The van der Waals surface area contributed by atoms with E-state index in [-0.39, 0.29) is 6.04 Å². The lowest BCUT2D eigenvalue weighted by molar-refractivity contribution is 0.257. The number of piperidine rings is 1. The van der Waals surface area contributed by atoms with Gasteiger partial charge in [0.2, 0.25) is 10.9 Å². The quantitative estimate of drug-likeness (QED) is 0.814. The van der Waals surface area contributed by atoms with Crippen LogP contribution in [0.3, 0.4) is 0 Å². The zero-order valence-electron chi connectivity index (χ0n) is 9.21. The van der Waals surface area contributed by atoms with Gasteiger partial charge in [0, 0.05) is 12.6 Å². The van der Waals surface area contributed by atoms with Crippen molar-refractivity contribution in [2.24, 2.45) is 0 Å². The summed E-state index contributed by atoms with van der Waals surface area (Å²) in [4.78, 5) is 0. The fourth-order valence-electron chi connectivity index (χ4n) is 2.29. The highest BCUT2D eigenvalue weighted by atomic mass is 32.2. The van der Waals surface area contributed by atoms with Crippen molar-refractivity contribution in [3.05, 3.63) is 35.9 Å². The van der Waals surface area contributed by atoms with Gasteiger partial charge in [-0.2, -0.15) is 0 Å². The molecule has 1 atom stereocenters. The first-order valence-corrected chi connectivity index (χ1v) is 6.85. The fraction of sp³-hybridized carbons (Fsp3) is 0.500. The van der Waals surface area contributed by atoms with Crippen LogP contribution in [-0.4, -0.2) is 25.3 Å². The van der Waals surface area contributed by atoms with Crippen LogP contribution < -0.4 is 0 Å². The molecule has 3 nitrogen and oxygen atoms in total. The molecule has 0 radical (unpaired) electrons. The molecule has 1 unspecified atom stereocenters. The summed E-state index contributed by atoms with van der Waals surface area (Å²) < 4.78 is 23.9. The van der Waals surface area contributed by atoms with E-state index in [9.17, 15) is 8.42 Å². The molecule has 0 spiro atoms. The molecule has 88 valence electrons. The van der Waals surface area contributed by atoms with Crippen LogP contribution in [0.15, 0.2) is 30.3 Å². The predicted molar refractivity (Wildman–Crippen MR) is 64.8 cm³/mol. The van der Waals surface area contributed by atoms with Gasteiger partial charge in [0.15, 0.2) is 0 Å². The molecule has 0 aromatic heterocycles. The van der Waals surface area contributed by atoms with Crippen molar-refractivity contribution in [1.29, 1.82) is 0 Å². The molecular weight excluding hydrogens is 222 g/mol. The lowest BCUT2D eigenvalue weighted by atomic mass is 9.98. The number of nitrogens with zero attached hydrogens (tertiary/aromatic N) is 1. The molecule has 16 heavy (non-hydrogen) atoms. The Kier molecular flexibility index (Phi) is 3.96. The van der Waals surface area contributed by atoms with E-state index in [2.05, 4.69) is 12.1 Å². The number of benzene rings is 1. The van der Waals surface area contributed by atoms with E-state index in [0.717, 1.165) is 25.7 Å². The minimum Gasteiger partial charge on any atom is -0.215 e. The van der Waals surface area contributed by atoms with E-state index >= 15 is 0 Å². The molecule has 1 heterocycles. The lowest BCUT2D eigenvalue weighted by Gasteiger charge is -2.30. The summed E-state index contributed by atoms with van der Waals surface area (Å²) in [5.41, 5.74) is 1.22. The van der Waals surface area contributed by atoms with Crippen molar-refractivity contribution < 1.29 is 8.42 Å². The molecule has 1 aliphatic rings. The van der Waals surface area contributed by atoms with Crippen LogP contribution in [0.25, 0.3) is 0 Å². The maximum atomic E-state index is 11.1. The van der Waals surface area contributed by atoms with Crippen LogP contribution in [0.2, 0.25) is 0 Å². The molecule has 0 bridgehead atoms. The number of hydrogen-bond acceptors (Lipinski definition) is 2. The summed E-state index contributed by atoms with van der Waals surface area (Å²) in [6.07, 6.45) is 3.95. The van der Waals surface area contributed by atoms with Gasteiger partial charge in [-0.05, 0) is 24.8 Å². The minimum atomic E-state index is -2.42. The van der Waals surface area contributed by atoms with Crippen LogP contribution in [0.4, 0.5) is 0 Å². The average Bonchev–Trinajstić information content (AvgIpc) is 2.31. The predicted octanol–water partition coefficient (Wildman–Crippen LogP) is 1.61. The standard InChI is InChI=1S/C12H17NO2S/c14-16(15)13-9-5-4-8-12(13)10-11-6-2-1-3-7-11/h1-3,6-7,12,16H,4-5,8-10H2. The van der Waals surface area contributed by atoms with Crippen LogP contribution in [0.1, 0.15) is 24.8 Å². The average molecular weight is 239 g/mol. The van der Waals surface area contributed by atoms with Crippen molar-refractivity contribution >= 4 is 10.9 Å². The molecule has 2 rings (SSSR count). The normalized spacial score (nSPS) is 22.4. The highest BCUT2D eigenvalue weighted by Crippen LogP contribution is 2.20. The van der Waals surface area contributed by atoms with Crippen molar-refractivity contribution in [1.82, 2.24) is 4.31 Å². The molecular formula is C12H17NO2S. The van der Waals surface area contributed by atoms with Gasteiger partial charge in [-0.3, -0.25) is 0 Å². The van der Waals surface area contributed by atoms with E-state index in [0.29, 0.717) is 6.54 Å². The van der Waals surface area contributed by atoms with Crippen LogP contribution in [0.5, 0.6) is 0 Å². The van der Waals surface area contributed by atoms with Gasteiger partial charge < -0.3 is 0 Å². The third-order valence-corrected chi connectivity index (χ3v) is 4.07. The molecule has 1 saturated heterocycles. The third-order valence-electron chi connectivity index (χ3n) is 3.12. The second-order valence-corrected chi connectivity index (χ2v) is 5.23. The second kappa shape index (κ2) is 5.46. The number of thiol groups is 1. The van der Waals surface area contributed by atoms with E-state index in [1.54, 1.807) is 4.31 Å². The van der Waals surface area contributed by atoms with Crippen molar-refractivity contribution in [2.75, 3.05) is 6.54 Å². The summed E-state index contributed by atoms with van der Waals surface area (Å²) >= 11 is 0. The smallest absolute Gasteiger partial charge is 0.204 e. The van der Waals surface area contributed by atoms with Gasteiger partial charge in [0.25, 0.3) is 0 Å². The Balaban J connectivity index is 2.07. The van der Waals surface area contributed by atoms with E-state index < -0.39 is 10.9 Å². The SMILES string of the molecule is O=[SH](=O)N1CCCCC1Cc1ccccc1. The summed E-state index contributed by atoms with van der Waals surface area (Å²) in [5, 5.41) is 0. The molecule has 1 aromatic carbocycles. The summed E-state index contributed by atoms with van der Waals surface area (Å²) in [5.74, 6) is 0. The monoisotopic (exact) mass is 239 g/mol. The van der Waals surface area contributed by atoms with Gasteiger partial charge in [-0.25, -0.2) is 12.7 Å². The number of rotatable bonds is 3. The molecule has 1 aliphatic heterocycles. The van der Waals surface area contributed by atoms with Crippen molar-refractivity contribution in [3.8, 4) is 0 Å². The lowest BCUT2D eigenvalue weighted by Crippen LogP contribution is -2.39. The van der Waals surface area contributed by atoms with E-state index in [1.165, 1.54) is 5.56 Å². The maximum Gasteiger partial charge on any atom is 0.204 e. The Morgan fingerprint density at radius 1 is 1.19 bits per heavy atom.